The zero-order chi connectivity index (χ0) is 19.5. The lowest BCUT2D eigenvalue weighted by Crippen LogP contribution is -2.12. The van der Waals surface area contributed by atoms with Crippen molar-refractivity contribution in [1.82, 2.24) is 0 Å². The summed E-state index contributed by atoms with van der Waals surface area (Å²) in [5.41, 5.74) is 0.740. The Morgan fingerprint density at radius 2 is 1.59 bits per heavy atom. The SMILES string of the molecule is CCC(C)CC1C(C2CC3C(CCC4CC4(C)CC)C3C2)C1C(C)C(C)C. The van der Waals surface area contributed by atoms with Crippen LogP contribution in [0.1, 0.15) is 99.8 Å². The van der Waals surface area contributed by atoms with Gasteiger partial charge in [-0.2, -0.15) is 0 Å². The van der Waals surface area contributed by atoms with Crippen LogP contribution in [0.2, 0.25) is 0 Å². The number of hydrogen-bond acceptors (Lipinski definition) is 0. The lowest BCUT2D eigenvalue weighted by atomic mass is 9.86. The largest absolute Gasteiger partial charge is 0.0651 e. The molecule has 0 radical (unpaired) electrons. The molecule has 4 rings (SSSR count). The van der Waals surface area contributed by atoms with Crippen molar-refractivity contribution in [1.29, 1.82) is 0 Å². The van der Waals surface area contributed by atoms with Crippen LogP contribution in [-0.2, 0) is 0 Å². The van der Waals surface area contributed by atoms with Gasteiger partial charge in [-0.05, 0) is 109 Å². The monoisotopic (exact) mass is 372 g/mol. The maximum atomic E-state index is 2.57. The van der Waals surface area contributed by atoms with E-state index in [4.69, 9.17) is 0 Å². The summed E-state index contributed by atoms with van der Waals surface area (Å²) in [6.07, 6.45) is 12.2. The van der Waals surface area contributed by atoms with E-state index in [0.29, 0.717) is 0 Å². The van der Waals surface area contributed by atoms with Crippen LogP contribution in [0.25, 0.3) is 0 Å². The van der Waals surface area contributed by atoms with E-state index in [1.54, 1.807) is 25.7 Å². The van der Waals surface area contributed by atoms with Gasteiger partial charge < -0.3 is 0 Å². The fourth-order valence-corrected chi connectivity index (χ4v) is 7.76. The van der Waals surface area contributed by atoms with E-state index >= 15 is 0 Å². The molecule has 0 aromatic rings. The average molecular weight is 373 g/mol. The Labute approximate surface area is 170 Å². The molecule has 0 bridgehead atoms. The van der Waals surface area contributed by atoms with Gasteiger partial charge >= 0.3 is 0 Å². The van der Waals surface area contributed by atoms with Crippen LogP contribution in [0.5, 0.6) is 0 Å². The first-order valence-corrected chi connectivity index (χ1v) is 12.8. The molecule has 4 fully saturated rings. The van der Waals surface area contributed by atoms with Crippen LogP contribution >= 0.6 is 0 Å². The molecular weight excluding hydrogens is 324 g/mol. The third-order valence-corrected chi connectivity index (χ3v) is 10.7. The van der Waals surface area contributed by atoms with Gasteiger partial charge in [-0.1, -0.05) is 61.3 Å². The van der Waals surface area contributed by atoms with Crippen molar-refractivity contribution in [2.45, 2.75) is 99.8 Å². The Kier molecular flexibility index (Phi) is 5.53. The smallest absolute Gasteiger partial charge is 0.0297 e. The molecule has 0 aliphatic heterocycles. The molecule has 4 aliphatic rings. The average Bonchev–Trinajstić information content (AvgIpc) is 3.58. The molecule has 27 heavy (non-hydrogen) atoms. The third-order valence-electron chi connectivity index (χ3n) is 10.7. The van der Waals surface area contributed by atoms with E-state index < -0.39 is 0 Å². The standard InChI is InChI=1S/C27H48/c1-8-17(5)12-24-25(18(6)16(3)4)26(24)19-13-22-21(23(22)14-19)11-10-20-15-27(20,7)9-2/h16-26H,8-15H2,1-7H3. The first-order valence-electron chi connectivity index (χ1n) is 12.8. The molecule has 0 aromatic heterocycles. The molecule has 0 nitrogen and oxygen atoms in total. The van der Waals surface area contributed by atoms with Crippen molar-refractivity contribution in [2.75, 3.05) is 0 Å². The van der Waals surface area contributed by atoms with E-state index in [1.807, 2.05) is 0 Å². The summed E-state index contributed by atoms with van der Waals surface area (Å²) in [5, 5.41) is 0. The molecule has 156 valence electrons. The van der Waals surface area contributed by atoms with Gasteiger partial charge in [0.2, 0.25) is 0 Å². The quantitative estimate of drug-likeness (QED) is 0.363. The molecule has 0 heteroatoms. The van der Waals surface area contributed by atoms with Gasteiger partial charge in [-0.15, -0.1) is 0 Å². The summed E-state index contributed by atoms with van der Waals surface area (Å²) in [6, 6.07) is 0. The zero-order valence-electron chi connectivity index (χ0n) is 19.5. The number of hydrogen-bond donors (Lipinski definition) is 0. The van der Waals surface area contributed by atoms with Crippen molar-refractivity contribution in [2.24, 2.45) is 70.5 Å². The van der Waals surface area contributed by atoms with Gasteiger partial charge in [0.25, 0.3) is 0 Å². The van der Waals surface area contributed by atoms with E-state index in [9.17, 15) is 0 Å². The summed E-state index contributed by atoms with van der Waals surface area (Å²) in [4.78, 5) is 0. The Morgan fingerprint density at radius 1 is 0.926 bits per heavy atom. The first kappa shape index (κ1) is 20.3. The molecule has 0 heterocycles. The molecule has 0 spiro atoms. The first-order chi connectivity index (χ1) is 12.8. The van der Waals surface area contributed by atoms with Crippen molar-refractivity contribution in [3.63, 3.8) is 0 Å². The van der Waals surface area contributed by atoms with E-state index in [1.165, 1.54) is 25.7 Å². The Bertz CT molecular complexity index is 508. The number of rotatable bonds is 10. The minimum absolute atomic E-state index is 0.740. The van der Waals surface area contributed by atoms with Gasteiger partial charge in [0.1, 0.15) is 0 Å². The highest BCUT2D eigenvalue weighted by Gasteiger charge is 2.63. The predicted molar refractivity (Wildman–Crippen MR) is 117 cm³/mol. The van der Waals surface area contributed by atoms with Crippen molar-refractivity contribution < 1.29 is 0 Å². The fourth-order valence-electron chi connectivity index (χ4n) is 7.76. The van der Waals surface area contributed by atoms with Gasteiger partial charge in [0, 0.05) is 0 Å². The minimum atomic E-state index is 0.740. The third kappa shape index (κ3) is 3.77. The summed E-state index contributed by atoms with van der Waals surface area (Å²) >= 11 is 0. The second-order valence-corrected chi connectivity index (χ2v) is 12.4. The molecule has 4 saturated carbocycles. The Morgan fingerprint density at radius 3 is 2.11 bits per heavy atom. The van der Waals surface area contributed by atoms with Crippen LogP contribution in [-0.4, -0.2) is 0 Å². The summed E-state index contributed by atoms with van der Waals surface area (Å²) < 4.78 is 0. The van der Waals surface area contributed by atoms with Crippen LogP contribution in [0.3, 0.4) is 0 Å². The normalized spacial score (nSPS) is 49.8. The molecule has 0 aromatic carbocycles. The number of fused-ring (bicyclic) bond motifs is 1. The van der Waals surface area contributed by atoms with E-state index in [0.717, 1.165) is 70.5 Å². The topological polar surface area (TPSA) is 0 Å². The van der Waals surface area contributed by atoms with Crippen molar-refractivity contribution in [3.8, 4) is 0 Å². The second-order valence-electron chi connectivity index (χ2n) is 12.4. The maximum Gasteiger partial charge on any atom is -0.0297 e. The Balaban J connectivity index is 1.26. The molecule has 0 saturated heterocycles. The summed E-state index contributed by atoms with van der Waals surface area (Å²) in [6.45, 7) is 17.3. The minimum Gasteiger partial charge on any atom is -0.0651 e. The van der Waals surface area contributed by atoms with Crippen molar-refractivity contribution in [3.05, 3.63) is 0 Å². The van der Waals surface area contributed by atoms with Crippen LogP contribution in [0.4, 0.5) is 0 Å². The predicted octanol–water partition coefficient (Wildman–Crippen LogP) is 8.07. The van der Waals surface area contributed by atoms with Gasteiger partial charge in [0.15, 0.2) is 0 Å². The second kappa shape index (κ2) is 7.36. The van der Waals surface area contributed by atoms with Gasteiger partial charge in [-0.25, -0.2) is 0 Å². The maximum absolute atomic E-state index is 2.57. The lowest BCUT2D eigenvalue weighted by molar-refractivity contribution is 0.302. The molecular formula is C27H48. The highest BCUT2D eigenvalue weighted by Crippen LogP contribution is 2.70. The lowest BCUT2D eigenvalue weighted by Gasteiger charge is -2.19. The fraction of sp³-hybridized carbons (Fsp3) is 1.00. The highest BCUT2D eigenvalue weighted by atomic mass is 14.7. The molecule has 4 aliphatic carbocycles. The molecule has 0 amide bonds. The molecule has 9 unspecified atom stereocenters. The van der Waals surface area contributed by atoms with Gasteiger partial charge in [0.05, 0.1) is 0 Å². The van der Waals surface area contributed by atoms with E-state index in [-0.39, 0.29) is 0 Å². The van der Waals surface area contributed by atoms with E-state index in [2.05, 4.69) is 48.5 Å². The van der Waals surface area contributed by atoms with Crippen LogP contribution in [0, 0.1) is 70.5 Å². The molecule has 0 N–H and O–H groups in total. The molecule has 9 atom stereocenters. The van der Waals surface area contributed by atoms with Gasteiger partial charge in [-0.3, -0.25) is 0 Å². The van der Waals surface area contributed by atoms with Crippen LogP contribution in [0.15, 0.2) is 0 Å². The summed E-state index contributed by atoms with van der Waals surface area (Å²) in [5.74, 6) is 11.7. The van der Waals surface area contributed by atoms with Crippen LogP contribution < -0.4 is 0 Å². The van der Waals surface area contributed by atoms with Crippen molar-refractivity contribution >= 4 is 0 Å². The highest BCUT2D eigenvalue weighted by molar-refractivity contribution is 5.12. The zero-order valence-corrected chi connectivity index (χ0v) is 19.5. The summed E-state index contributed by atoms with van der Waals surface area (Å²) in [7, 11) is 0. The Hall–Kier alpha value is 0.